The number of benzene rings is 2. The second-order valence-electron chi connectivity index (χ2n) is 9.94. The van der Waals surface area contributed by atoms with Crippen molar-refractivity contribution >= 4 is 78.5 Å². The van der Waals surface area contributed by atoms with Crippen LogP contribution in [0.4, 0.5) is 11.4 Å². The molecule has 3 fully saturated rings. The normalized spacial score (nSPS) is 27.6. The summed E-state index contributed by atoms with van der Waals surface area (Å²) in [6, 6.07) is 10.2. The van der Waals surface area contributed by atoms with E-state index in [1.54, 1.807) is 36.1 Å². The summed E-state index contributed by atoms with van der Waals surface area (Å²) in [5, 5.41) is 0.556. The topological polar surface area (TPSA) is 84.0 Å². The first-order chi connectivity index (χ1) is 17.5. The molecule has 0 N–H and O–H groups in total. The number of anilines is 2. The highest BCUT2D eigenvalue weighted by Crippen LogP contribution is 2.45. The molecule has 5 rings (SSSR count). The molecule has 2 aromatic carbocycles. The molecule has 10 heteroatoms. The summed E-state index contributed by atoms with van der Waals surface area (Å²) < 4.78 is 5.60. The van der Waals surface area contributed by atoms with E-state index in [1.807, 2.05) is 19.1 Å². The van der Waals surface area contributed by atoms with E-state index < -0.39 is 11.9 Å². The molecular weight excluding hydrogens is 628 g/mol. The van der Waals surface area contributed by atoms with Crippen LogP contribution in [0.15, 0.2) is 36.4 Å². The number of aryl methyl sites for hydroxylation is 2. The molecule has 2 aliphatic heterocycles. The molecule has 0 radical (unpaired) electrons. The monoisotopic (exact) mass is 650 g/mol. The molecule has 0 spiro atoms. The van der Waals surface area contributed by atoms with E-state index in [-0.39, 0.29) is 52.2 Å². The zero-order chi connectivity index (χ0) is 26.6. The van der Waals surface area contributed by atoms with Gasteiger partial charge in [-0.25, -0.2) is 4.90 Å². The number of hydrogen-bond donors (Lipinski definition) is 0. The van der Waals surface area contributed by atoms with E-state index in [0.717, 1.165) is 5.56 Å². The van der Waals surface area contributed by atoms with Crippen LogP contribution in [0.5, 0.6) is 5.75 Å². The van der Waals surface area contributed by atoms with Crippen LogP contribution < -0.4 is 14.5 Å². The van der Waals surface area contributed by atoms with E-state index >= 15 is 0 Å². The zero-order valence-electron chi connectivity index (χ0n) is 20.2. The number of esters is 1. The molecule has 3 amide bonds. The number of halogens is 3. The predicted octanol–water partition coefficient (Wildman–Crippen LogP) is 5.34. The molecule has 2 heterocycles. The van der Waals surface area contributed by atoms with Crippen molar-refractivity contribution in [1.82, 2.24) is 0 Å². The molecule has 194 valence electrons. The number of rotatable bonds is 4. The summed E-state index contributed by atoms with van der Waals surface area (Å²) in [7, 11) is 0. The first kappa shape index (κ1) is 26.4. The molecular formula is C27H25Br2ClN2O5. The van der Waals surface area contributed by atoms with Crippen molar-refractivity contribution in [2.45, 2.75) is 42.8 Å². The molecule has 7 nitrogen and oxygen atoms in total. The number of carbonyl (C=O) groups is 4. The molecule has 3 aliphatic rings. The van der Waals surface area contributed by atoms with Gasteiger partial charge in [0.05, 0.1) is 23.4 Å². The van der Waals surface area contributed by atoms with Crippen LogP contribution in [0.2, 0.25) is 5.02 Å². The van der Waals surface area contributed by atoms with Gasteiger partial charge in [-0.2, -0.15) is 0 Å². The van der Waals surface area contributed by atoms with Crippen LogP contribution in [-0.2, 0) is 19.2 Å². The highest BCUT2D eigenvalue weighted by atomic mass is 79.9. The lowest BCUT2D eigenvalue weighted by molar-refractivity contribution is -0.139. The molecule has 1 aliphatic carbocycles. The van der Waals surface area contributed by atoms with Crippen molar-refractivity contribution in [3.63, 3.8) is 0 Å². The van der Waals surface area contributed by atoms with Crippen LogP contribution in [0, 0.1) is 31.6 Å². The van der Waals surface area contributed by atoms with Crippen molar-refractivity contribution in [1.29, 1.82) is 0 Å². The highest BCUT2D eigenvalue weighted by molar-refractivity contribution is 9.12. The maximum Gasteiger partial charge on any atom is 0.316 e. The number of fused-ring (bicyclic) bond motifs is 1. The van der Waals surface area contributed by atoms with E-state index in [0.29, 0.717) is 40.6 Å². The van der Waals surface area contributed by atoms with E-state index in [1.165, 1.54) is 4.90 Å². The lowest BCUT2D eigenvalue weighted by Crippen LogP contribution is -2.34. The standard InChI is InChI=1S/C27H25Br2ClN2O5/c1-13-3-4-16(9-22(13)30)31-12-15(8-24(31)33)27(36)37-17-5-6-23(14(2)7-17)32-25(34)18-10-20(28)21(29)11-19(18)26(32)35/h3-7,9,15,18-21H,8,10-12H2,1-2H3/t15-,18-,19-,20+,21+/m1/s1. The maximum atomic E-state index is 13.1. The Morgan fingerprint density at radius 1 is 0.946 bits per heavy atom. The fourth-order valence-corrected chi connectivity index (χ4v) is 6.75. The van der Waals surface area contributed by atoms with Crippen molar-refractivity contribution in [2.75, 3.05) is 16.3 Å². The van der Waals surface area contributed by atoms with Crippen LogP contribution in [-0.4, -0.2) is 39.9 Å². The van der Waals surface area contributed by atoms with Gasteiger partial charge in [0.25, 0.3) is 0 Å². The van der Waals surface area contributed by atoms with Gasteiger partial charge in [0, 0.05) is 33.3 Å². The van der Waals surface area contributed by atoms with Gasteiger partial charge >= 0.3 is 5.97 Å². The molecule has 0 bridgehead atoms. The van der Waals surface area contributed by atoms with Crippen molar-refractivity contribution < 1.29 is 23.9 Å². The Kier molecular flexibility index (Phi) is 7.24. The van der Waals surface area contributed by atoms with Crippen LogP contribution in [0.25, 0.3) is 0 Å². The third kappa shape index (κ3) is 4.86. The number of imide groups is 1. The number of alkyl halides is 2. The van der Waals surface area contributed by atoms with E-state index in [9.17, 15) is 19.2 Å². The molecule has 5 atom stereocenters. The average molecular weight is 653 g/mol. The number of nitrogens with zero attached hydrogens (tertiary/aromatic N) is 2. The number of amides is 3. The van der Waals surface area contributed by atoms with E-state index in [2.05, 4.69) is 31.9 Å². The molecule has 1 saturated carbocycles. The van der Waals surface area contributed by atoms with Gasteiger partial charge < -0.3 is 9.64 Å². The second-order valence-corrected chi connectivity index (χ2v) is 12.7. The van der Waals surface area contributed by atoms with Crippen molar-refractivity contribution in [3.8, 4) is 5.75 Å². The van der Waals surface area contributed by atoms with Gasteiger partial charge in [-0.05, 0) is 68.1 Å². The van der Waals surface area contributed by atoms with Gasteiger partial charge in [-0.3, -0.25) is 19.2 Å². The summed E-state index contributed by atoms with van der Waals surface area (Å²) in [5.74, 6) is -2.05. The minimum absolute atomic E-state index is 0.0457. The van der Waals surface area contributed by atoms with Gasteiger partial charge in [-0.1, -0.05) is 49.5 Å². The lowest BCUT2D eigenvalue weighted by atomic mass is 9.81. The quantitative estimate of drug-likeness (QED) is 0.193. The molecule has 2 saturated heterocycles. The fraction of sp³-hybridized carbons (Fsp3) is 0.407. The first-order valence-electron chi connectivity index (χ1n) is 12.1. The Bertz CT molecular complexity index is 1290. The highest BCUT2D eigenvalue weighted by Gasteiger charge is 2.52. The summed E-state index contributed by atoms with van der Waals surface area (Å²) in [4.78, 5) is 54.9. The van der Waals surface area contributed by atoms with Crippen LogP contribution in [0.3, 0.4) is 0 Å². The van der Waals surface area contributed by atoms with Crippen molar-refractivity contribution in [3.05, 3.63) is 52.5 Å². The second kappa shape index (κ2) is 10.2. The van der Waals surface area contributed by atoms with E-state index in [4.69, 9.17) is 16.3 Å². The molecule has 0 unspecified atom stereocenters. The summed E-state index contributed by atoms with van der Waals surface area (Å²) in [5.41, 5.74) is 2.70. The molecule has 2 aromatic rings. The Hall–Kier alpha value is -2.23. The minimum Gasteiger partial charge on any atom is -0.426 e. The van der Waals surface area contributed by atoms with Crippen LogP contribution >= 0.6 is 43.5 Å². The van der Waals surface area contributed by atoms with Gasteiger partial charge in [0.1, 0.15) is 5.75 Å². The van der Waals surface area contributed by atoms with Gasteiger partial charge in [-0.15, -0.1) is 0 Å². The zero-order valence-corrected chi connectivity index (χ0v) is 24.2. The predicted molar refractivity (Wildman–Crippen MR) is 148 cm³/mol. The maximum absolute atomic E-state index is 13.1. The Morgan fingerprint density at radius 2 is 1.59 bits per heavy atom. The summed E-state index contributed by atoms with van der Waals surface area (Å²) in [6.07, 6.45) is 1.24. The Balaban J connectivity index is 1.28. The number of carbonyl (C=O) groups excluding carboxylic acids is 4. The Labute approximate surface area is 236 Å². The minimum atomic E-state index is -0.619. The molecule has 37 heavy (non-hydrogen) atoms. The summed E-state index contributed by atoms with van der Waals surface area (Å²) in [6.45, 7) is 3.86. The molecule has 0 aromatic heterocycles. The van der Waals surface area contributed by atoms with Crippen LogP contribution in [0.1, 0.15) is 30.4 Å². The lowest BCUT2D eigenvalue weighted by Gasteiger charge is -2.29. The SMILES string of the molecule is Cc1ccc(N2C[C@H](C(=O)Oc3ccc(N4C(=O)[C@@H]5C[C@H](Br)[C@@H](Br)C[C@H]5C4=O)c(C)c3)CC2=O)cc1Cl. The number of ether oxygens (including phenoxy) is 1. The number of hydrogen-bond acceptors (Lipinski definition) is 5. The van der Waals surface area contributed by atoms with Gasteiger partial charge in [0.2, 0.25) is 17.7 Å². The van der Waals surface area contributed by atoms with Gasteiger partial charge in [0.15, 0.2) is 0 Å². The Morgan fingerprint density at radius 3 is 2.19 bits per heavy atom. The average Bonchev–Trinajstić information content (AvgIpc) is 3.34. The largest absolute Gasteiger partial charge is 0.426 e. The third-order valence-corrected chi connectivity index (χ3v) is 10.6. The van der Waals surface area contributed by atoms with Crippen molar-refractivity contribution in [2.24, 2.45) is 17.8 Å². The third-order valence-electron chi connectivity index (χ3n) is 7.46. The first-order valence-corrected chi connectivity index (χ1v) is 14.3. The smallest absolute Gasteiger partial charge is 0.316 e. The summed E-state index contributed by atoms with van der Waals surface area (Å²) >= 11 is 13.4. The fourth-order valence-electron chi connectivity index (χ4n) is 5.34.